The molecule has 3 aromatic rings. The number of nitrogens with zero attached hydrogens (tertiary/aromatic N) is 3. The number of piperidine rings is 1. The minimum atomic E-state index is -0.146. The first-order valence-electron chi connectivity index (χ1n) is 12.6. The molecule has 9 heteroatoms. The fourth-order valence-electron chi connectivity index (χ4n) is 5.17. The van der Waals surface area contributed by atoms with E-state index < -0.39 is 0 Å². The fourth-order valence-corrected chi connectivity index (χ4v) is 5.17. The largest absolute Gasteiger partial charge is 0.454 e. The van der Waals surface area contributed by atoms with Gasteiger partial charge < -0.3 is 29.6 Å². The molecule has 1 aromatic heterocycles. The normalized spacial score (nSPS) is 16.9. The average Bonchev–Trinajstić information content (AvgIpc) is 3.56. The lowest BCUT2D eigenvalue weighted by molar-refractivity contribution is -0.121. The zero-order valence-electron chi connectivity index (χ0n) is 20.0. The Hall–Kier alpha value is -4.01. The number of hydrogen-bond acceptors (Lipinski definition) is 5. The summed E-state index contributed by atoms with van der Waals surface area (Å²) in [6.07, 6.45) is 6.63. The van der Waals surface area contributed by atoms with E-state index in [4.69, 9.17) is 9.47 Å². The van der Waals surface area contributed by atoms with Crippen LogP contribution in [0.15, 0.2) is 48.7 Å². The molecule has 3 aliphatic heterocycles. The van der Waals surface area contributed by atoms with Gasteiger partial charge in [-0.15, -0.1) is 0 Å². The molecule has 3 aliphatic rings. The van der Waals surface area contributed by atoms with E-state index in [2.05, 4.69) is 20.2 Å². The van der Waals surface area contributed by atoms with Crippen LogP contribution in [0.4, 0.5) is 16.2 Å². The Balaban J connectivity index is 1.04. The highest BCUT2D eigenvalue weighted by atomic mass is 16.7. The van der Waals surface area contributed by atoms with E-state index in [9.17, 15) is 9.59 Å². The van der Waals surface area contributed by atoms with Gasteiger partial charge in [-0.1, -0.05) is 12.1 Å². The van der Waals surface area contributed by atoms with E-state index in [1.165, 1.54) is 12.1 Å². The summed E-state index contributed by atoms with van der Waals surface area (Å²) in [5, 5.41) is 5.99. The number of aryl methyl sites for hydroxylation is 1. The maximum atomic E-state index is 12.9. The van der Waals surface area contributed by atoms with E-state index in [-0.39, 0.29) is 24.6 Å². The van der Waals surface area contributed by atoms with Gasteiger partial charge in [-0.25, -0.2) is 9.78 Å². The summed E-state index contributed by atoms with van der Waals surface area (Å²) < 4.78 is 13.0. The van der Waals surface area contributed by atoms with Crippen LogP contribution >= 0.6 is 0 Å². The topological polar surface area (TPSA) is 97.7 Å². The molecule has 0 atom stereocenters. The summed E-state index contributed by atoms with van der Waals surface area (Å²) in [6.45, 7) is 2.23. The highest BCUT2D eigenvalue weighted by Crippen LogP contribution is 2.34. The predicted octanol–water partition coefficient (Wildman–Crippen LogP) is 4.50. The molecule has 0 aliphatic carbocycles. The number of fused-ring (bicyclic) bond motifs is 2. The lowest BCUT2D eigenvalue weighted by Crippen LogP contribution is -2.43. The first-order valence-corrected chi connectivity index (χ1v) is 12.6. The van der Waals surface area contributed by atoms with Crippen LogP contribution in [0, 0.1) is 5.92 Å². The maximum absolute atomic E-state index is 12.9. The van der Waals surface area contributed by atoms with Crippen molar-refractivity contribution < 1.29 is 19.1 Å². The van der Waals surface area contributed by atoms with Gasteiger partial charge in [0.05, 0.1) is 0 Å². The number of nitrogens with one attached hydrogen (secondary N) is 2. The van der Waals surface area contributed by atoms with Gasteiger partial charge in [0.2, 0.25) is 12.7 Å². The number of anilines is 2. The van der Waals surface area contributed by atoms with E-state index in [0.29, 0.717) is 43.1 Å². The number of urea groups is 1. The third-order valence-corrected chi connectivity index (χ3v) is 7.17. The Morgan fingerprint density at radius 2 is 1.75 bits per heavy atom. The molecule has 2 N–H and O–H groups in total. The number of benzene rings is 2. The van der Waals surface area contributed by atoms with Crippen molar-refractivity contribution in [3.05, 3.63) is 54.4 Å². The van der Waals surface area contributed by atoms with Crippen molar-refractivity contribution in [2.24, 2.45) is 5.92 Å². The number of ether oxygens (including phenoxy) is 2. The fraction of sp³-hybridized carbons (Fsp3) is 0.370. The molecule has 0 radical (unpaired) electrons. The number of carbonyl (C=O) groups is 2. The van der Waals surface area contributed by atoms with Crippen molar-refractivity contribution in [1.82, 2.24) is 14.5 Å². The van der Waals surface area contributed by atoms with Gasteiger partial charge in [0.15, 0.2) is 11.5 Å². The number of likely N-dealkylation sites (tertiary alicyclic amines) is 1. The van der Waals surface area contributed by atoms with E-state index in [0.717, 1.165) is 36.5 Å². The summed E-state index contributed by atoms with van der Waals surface area (Å²) in [5.41, 5.74) is 3.70. The van der Waals surface area contributed by atoms with Crippen molar-refractivity contribution in [2.75, 3.05) is 30.5 Å². The number of amides is 3. The molecule has 0 spiro atoms. The van der Waals surface area contributed by atoms with Crippen LogP contribution < -0.4 is 20.1 Å². The Morgan fingerprint density at radius 3 is 2.64 bits per heavy atom. The minimum absolute atomic E-state index is 0.0374. The van der Waals surface area contributed by atoms with Crippen LogP contribution in [0.5, 0.6) is 11.5 Å². The zero-order valence-corrected chi connectivity index (χ0v) is 20.0. The highest BCUT2D eigenvalue weighted by molar-refractivity contribution is 5.94. The third kappa shape index (κ3) is 4.48. The molecule has 6 rings (SSSR count). The van der Waals surface area contributed by atoms with Crippen molar-refractivity contribution >= 4 is 23.3 Å². The number of hydrogen-bond donors (Lipinski definition) is 2. The van der Waals surface area contributed by atoms with E-state index in [1.807, 2.05) is 30.5 Å². The minimum Gasteiger partial charge on any atom is -0.454 e. The molecule has 0 unspecified atom stereocenters. The van der Waals surface area contributed by atoms with E-state index >= 15 is 0 Å². The van der Waals surface area contributed by atoms with Crippen LogP contribution in [0.2, 0.25) is 0 Å². The summed E-state index contributed by atoms with van der Waals surface area (Å²) in [5.74, 6) is 2.09. The highest BCUT2D eigenvalue weighted by Gasteiger charge is 2.28. The molecule has 186 valence electrons. The van der Waals surface area contributed by atoms with Gasteiger partial charge in [0, 0.05) is 60.4 Å². The molecule has 1 saturated heterocycles. The maximum Gasteiger partial charge on any atom is 0.321 e. The molecule has 1 fully saturated rings. The van der Waals surface area contributed by atoms with Crippen LogP contribution in [-0.4, -0.2) is 46.3 Å². The van der Waals surface area contributed by atoms with Gasteiger partial charge in [0.1, 0.15) is 5.82 Å². The number of aromatic nitrogens is 2. The number of carbonyl (C=O) groups excluding carboxylic acids is 2. The van der Waals surface area contributed by atoms with Crippen LogP contribution in [0.25, 0.3) is 11.4 Å². The van der Waals surface area contributed by atoms with Crippen molar-refractivity contribution in [3.63, 3.8) is 0 Å². The van der Waals surface area contributed by atoms with Gasteiger partial charge in [-0.3, -0.25) is 4.79 Å². The summed E-state index contributed by atoms with van der Waals surface area (Å²) in [6, 6.07) is 13.1. The Labute approximate surface area is 209 Å². The second-order valence-corrected chi connectivity index (χ2v) is 9.51. The molecule has 4 heterocycles. The summed E-state index contributed by atoms with van der Waals surface area (Å²) in [7, 11) is 0. The Morgan fingerprint density at radius 1 is 0.917 bits per heavy atom. The van der Waals surface area contributed by atoms with Gasteiger partial charge >= 0.3 is 6.03 Å². The quantitative estimate of drug-likeness (QED) is 0.565. The molecule has 3 amide bonds. The molecular formula is C27H29N5O4. The van der Waals surface area contributed by atoms with Crippen LogP contribution in [-0.2, 0) is 17.8 Å². The standard InChI is InChI=1S/C27H29N5O4/c33-26(29-21-7-8-23-24(15-21)36-17-35-23)18-9-12-31(13-10-18)27(34)30-20-5-3-4-19(14-20)25-28-16-22-6-1-2-11-32(22)25/h3-5,7-8,14-16,18H,1-2,6,9-13,17H2,(H,29,33)(H,30,34). The lowest BCUT2D eigenvalue weighted by Gasteiger charge is -2.31. The zero-order chi connectivity index (χ0) is 24.5. The van der Waals surface area contributed by atoms with Gasteiger partial charge in [0.25, 0.3) is 0 Å². The first kappa shape index (κ1) is 22.5. The first-order chi connectivity index (χ1) is 17.6. The average molecular weight is 488 g/mol. The van der Waals surface area contributed by atoms with Crippen molar-refractivity contribution in [2.45, 2.75) is 38.6 Å². The van der Waals surface area contributed by atoms with E-state index in [1.54, 1.807) is 23.1 Å². The third-order valence-electron chi connectivity index (χ3n) is 7.17. The molecule has 0 bridgehead atoms. The monoisotopic (exact) mass is 487 g/mol. The molecule has 2 aromatic carbocycles. The van der Waals surface area contributed by atoms with Gasteiger partial charge in [-0.2, -0.15) is 0 Å². The van der Waals surface area contributed by atoms with Crippen LogP contribution in [0.3, 0.4) is 0 Å². The second-order valence-electron chi connectivity index (χ2n) is 9.51. The molecule has 36 heavy (non-hydrogen) atoms. The predicted molar refractivity (Wildman–Crippen MR) is 135 cm³/mol. The van der Waals surface area contributed by atoms with Crippen molar-refractivity contribution in [1.29, 1.82) is 0 Å². The summed E-state index contributed by atoms with van der Waals surface area (Å²) in [4.78, 5) is 32.1. The van der Waals surface area contributed by atoms with Gasteiger partial charge in [-0.05, 0) is 56.4 Å². The number of rotatable bonds is 4. The molecular weight excluding hydrogens is 458 g/mol. The van der Waals surface area contributed by atoms with Crippen LogP contribution in [0.1, 0.15) is 31.4 Å². The summed E-state index contributed by atoms with van der Waals surface area (Å²) >= 11 is 0. The van der Waals surface area contributed by atoms with Crippen molar-refractivity contribution in [3.8, 4) is 22.9 Å². The second kappa shape index (κ2) is 9.56. The number of imidazole rings is 1. The molecule has 9 nitrogen and oxygen atoms in total. The molecule has 0 saturated carbocycles. The Bertz CT molecular complexity index is 1300. The smallest absolute Gasteiger partial charge is 0.321 e. The Kier molecular flexibility index (Phi) is 5.96. The lowest BCUT2D eigenvalue weighted by atomic mass is 9.96. The SMILES string of the molecule is O=C(Nc1ccc2c(c1)OCO2)C1CCN(C(=O)Nc2cccc(-c3ncc4n3CCCC4)c2)CC1.